The van der Waals surface area contributed by atoms with Crippen molar-refractivity contribution in [1.29, 1.82) is 0 Å². The molecule has 0 heterocycles. The molecule has 0 bridgehead atoms. The van der Waals surface area contributed by atoms with Crippen LogP contribution in [0.3, 0.4) is 0 Å². The van der Waals surface area contributed by atoms with Crippen LogP contribution in [0.25, 0.3) is 0 Å². The second-order valence-corrected chi connectivity index (χ2v) is 3.74. The molecule has 0 rings (SSSR count). The lowest BCUT2D eigenvalue weighted by atomic mass is 10.2. The molecule has 0 aromatic heterocycles. The summed E-state index contributed by atoms with van der Waals surface area (Å²) in [6, 6.07) is 0.428. The second-order valence-electron chi connectivity index (χ2n) is 3.74. The number of hydrogen-bond donors (Lipinski definition) is 2. The number of aliphatic hydroxyl groups is 1. The Morgan fingerprint density at radius 3 is 2.50 bits per heavy atom. The van der Waals surface area contributed by atoms with E-state index in [1.165, 1.54) is 19.4 Å². The summed E-state index contributed by atoms with van der Waals surface area (Å²) in [5.74, 6) is 0. The summed E-state index contributed by atoms with van der Waals surface area (Å²) in [6.45, 7) is 8.02. The third-order valence-electron chi connectivity index (χ3n) is 2.64. The SMILES string of the molecule is CCCCN(CC)CC(CCO)NC. The number of likely N-dealkylation sites (N-methyl/N-ethyl adjacent to an activating group) is 2. The lowest BCUT2D eigenvalue weighted by molar-refractivity contribution is 0.216. The largest absolute Gasteiger partial charge is 0.396 e. The Bertz CT molecular complexity index is 120. The van der Waals surface area contributed by atoms with Crippen LogP contribution in [0.5, 0.6) is 0 Å². The van der Waals surface area contributed by atoms with Crippen LogP contribution in [0, 0.1) is 0 Å². The number of aliphatic hydroxyl groups excluding tert-OH is 1. The van der Waals surface area contributed by atoms with Crippen LogP contribution in [0.4, 0.5) is 0 Å². The minimum atomic E-state index is 0.275. The second kappa shape index (κ2) is 9.44. The molecule has 3 heteroatoms. The van der Waals surface area contributed by atoms with Gasteiger partial charge >= 0.3 is 0 Å². The standard InChI is InChI=1S/C11H26N2O/c1-4-6-8-13(5-2)10-11(12-3)7-9-14/h11-12,14H,4-10H2,1-3H3. The third kappa shape index (κ3) is 6.35. The van der Waals surface area contributed by atoms with Gasteiger partial charge in [-0.15, -0.1) is 0 Å². The molecule has 0 radical (unpaired) electrons. The third-order valence-corrected chi connectivity index (χ3v) is 2.64. The van der Waals surface area contributed by atoms with Gasteiger partial charge in [-0.3, -0.25) is 0 Å². The first-order valence-electron chi connectivity index (χ1n) is 5.78. The van der Waals surface area contributed by atoms with Crippen LogP contribution in [0.2, 0.25) is 0 Å². The normalized spacial score (nSPS) is 13.5. The van der Waals surface area contributed by atoms with Gasteiger partial charge in [0.1, 0.15) is 0 Å². The molecule has 0 fully saturated rings. The fourth-order valence-electron chi connectivity index (χ4n) is 1.55. The Labute approximate surface area is 88.5 Å². The maximum Gasteiger partial charge on any atom is 0.0446 e. The fraction of sp³-hybridized carbons (Fsp3) is 1.00. The molecule has 0 aliphatic heterocycles. The first-order chi connectivity index (χ1) is 6.78. The van der Waals surface area contributed by atoms with E-state index in [0.29, 0.717) is 6.04 Å². The first-order valence-corrected chi connectivity index (χ1v) is 5.78. The molecule has 14 heavy (non-hydrogen) atoms. The van der Waals surface area contributed by atoms with Gasteiger partial charge in [-0.05, 0) is 33.0 Å². The topological polar surface area (TPSA) is 35.5 Å². The van der Waals surface area contributed by atoms with Crippen molar-refractivity contribution >= 4 is 0 Å². The smallest absolute Gasteiger partial charge is 0.0446 e. The van der Waals surface area contributed by atoms with E-state index in [1.807, 2.05) is 7.05 Å². The Morgan fingerprint density at radius 1 is 1.36 bits per heavy atom. The molecule has 0 aliphatic rings. The van der Waals surface area contributed by atoms with Gasteiger partial charge in [-0.1, -0.05) is 20.3 Å². The Hall–Kier alpha value is -0.120. The molecule has 0 aliphatic carbocycles. The number of rotatable bonds is 9. The van der Waals surface area contributed by atoms with Crippen molar-refractivity contribution in [2.45, 2.75) is 39.2 Å². The molecule has 0 spiro atoms. The summed E-state index contributed by atoms with van der Waals surface area (Å²) in [4.78, 5) is 2.44. The lowest BCUT2D eigenvalue weighted by Gasteiger charge is -2.25. The molecule has 0 aromatic carbocycles. The molecule has 3 nitrogen and oxygen atoms in total. The number of nitrogens with zero attached hydrogens (tertiary/aromatic N) is 1. The minimum absolute atomic E-state index is 0.275. The quantitative estimate of drug-likeness (QED) is 0.587. The van der Waals surface area contributed by atoms with E-state index in [0.717, 1.165) is 19.5 Å². The van der Waals surface area contributed by atoms with Crippen molar-refractivity contribution in [3.8, 4) is 0 Å². The zero-order valence-corrected chi connectivity index (χ0v) is 9.92. The van der Waals surface area contributed by atoms with E-state index in [1.54, 1.807) is 0 Å². The predicted molar refractivity (Wildman–Crippen MR) is 61.6 cm³/mol. The van der Waals surface area contributed by atoms with Gasteiger partial charge in [0.15, 0.2) is 0 Å². The van der Waals surface area contributed by atoms with Crippen molar-refractivity contribution < 1.29 is 5.11 Å². The summed E-state index contributed by atoms with van der Waals surface area (Å²) >= 11 is 0. The van der Waals surface area contributed by atoms with Gasteiger partial charge in [0.25, 0.3) is 0 Å². The average molecular weight is 202 g/mol. The fourth-order valence-corrected chi connectivity index (χ4v) is 1.55. The molecule has 0 aromatic rings. The Morgan fingerprint density at radius 2 is 2.07 bits per heavy atom. The van der Waals surface area contributed by atoms with E-state index in [2.05, 4.69) is 24.1 Å². The van der Waals surface area contributed by atoms with Crippen molar-refractivity contribution in [2.24, 2.45) is 0 Å². The van der Waals surface area contributed by atoms with E-state index < -0.39 is 0 Å². The molecule has 2 N–H and O–H groups in total. The summed E-state index contributed by atoms with van der Waals surface area (Å²) < 4.78 is 0. The maximum atomic E-state index is 8.87. The van der Waals surface area contributed by atoms with E-state index in [4.69, 9.17) is 5.11 Å². The summed E-state index contributed by atoms with van der Waals surface area (Å²) in [5, 5.41) is 12.1. The van der Waals surface area contributed by atoms with Gasteiger partial charge in [0, 0.05) is 19.2 Å². The van der Waals surface area contributed by atoms with Crippen LogP contribution in [-0.2, 0) is 0 Å². The summed E-state index contributed by atoms with van der Waals surface area (Å²) in [7, 11) is 1.97. The zero-order valence-electron chi connectivity index (χ0n) is 9.92. The minimum Gasteiger partial charge on any atom is -0.396 e. The van der Waals surface area contributed by atoms with Crippen molar-refractivity contribution in [3.05, 3.63) is 0 Å². The van der Waals surface area contributed by atoms with Crippen LogP contribution in [0.1, 0.15) is 33.1 Å². The Kier molecular flexibility index (Phi) is 9.35. The molecular weight excluding hydrogens is 176 g/mol. The van der Waals surface area contributed by atoms with Gasteiger partial charge in [0.2, 0.25) is 0 Å². The number of hydrogen-bond acceptors (Lipinski definition) is 3. The molecular formula is C11H26N2O. The number of unbranched alkanes of at least 4 members (excludes halogenated alkanes) is 1. The van der Waals surface area contributed by atoms with Crippen LogP contribution in [-0.4, -0.2) is 49.3 Å². The molecule has 0 saturated heterocycles. The lowest BCUT2D eigenvalue weighted by Crippen LogP contribution is -2.40. The van der Waals surface area contributed by atoms with Crippen LogP contribution in [0.15, 0.2) is 0 Å². The predicted octanol–water partition coefficient (Wildman–Crippen LogP) is 1.08. The van der Waals surface area contributed by atoms with Gasteiger partial charge in [-0.25, -0.2) is 0 Å². The molecule has 1 atom stereocenters. The van der Waals surface area contributed by atoms with Crippen LogP contribution < -0.4 is 5.32 Å². The first kappa shape index (κ1) is 13.9. The highest BCUT2D eigenvalue weighted by atomic mass is 16.3. The molecule has 1 unspecified atom stereocenters. The maximum absolute atomic E-state index is 8.87. The van der Waals surface area contributed by atoms with Crippen molar-refractivity contribution in [2.75, 3.05) is 33.3 Å². The van der Waals surface area contributed by atoms with E-state index >= 15 is 0 Å². The van der Waals surface area contributed by atoms with Gasteiger partial charge in [-0.2, -0.15) is 0 Å². The highest BCUT2D eigenvalue weighted by Gasteiger charge is 2.09. The molecule has 0 saturated carbocycles. The zero-order chi connectivity index (χ0) is 10.8. The Balaban J connectivity index is 3.75. The van der Waals surface area contributed by atoms with E-state index in [9.17, 15) is 0 Å². The van der Waals surface area contributed by atoms with Crippen LogP contribution >= 0.6 is 0 Å². The number of nitrogens with one attached hydrogen (secondary N) is 1. The van der Waals surface area contributed by atoms with Crippen molar-refractivity contribution in [3.63, 3.8) is 0 Å². The van der Waals surface area contributed by atoms with Gasteiger partial charge in [0.05, 0.1) is 0 Å². The van der Waals surface area contributed by atoms with Crippen molar-refractivity contribution in [1.82, 2.24) is 10.2 Å². The summed E-state index contributed by atoms with van der Waals surface area (Å²) in [6.07, 6.45) is 3.36. The van der Waals surface area contributed by atoms with Gasteiger partial charge < -0.3 is 15.3 Å². The average Bonchev–Trinajstić information content (AvgIpc) is 2.22. The van der Waals surface area contributed by atoms with E-state index in [-0.39, 0.29) is 6.61 Å². The highest BCUT2D eigenvalue weighted by molar-refractivity contribution is 4.69. The summed E-state index contributed by atoms with van der Waals surface area (Å²) in [5.41, 5.74) is 0. The molecule has 0 amide bonds. The monoisotopic (exact) mass is 202 g/mol. The molecule has 86 valence electrons. The highest BCUT2D eigenvalue weighted by Crippen LogP contribution is 1.99.